The largest absolute Gasteiger partial charge is 0.481 e. The molecule has 0 aliphatic carbocycles. The summed E-state index contributed by atoms with van der Waals surface area (Å²) in [5, 5.41) is 12.8. The first-order valence-corrected chi connectivity index (χ1v) is 9.10. The highest BCUT2D eigenvalue weighted by Crippen LogP contribution is 2.21. The van der Waals surface area contributed by atoms with E-state index in [0.717, 1.165) is 16.8 Å². The molecule has 3 aromatic carbocycles. The van der Waals surface area contributed by atoms with Gasteiger partial charge in [-0.2, -0.15) is 0 Å². The number of ether oxygens (including phenoxy) is 1. The summed E-state index contributed by atoms with van der Waals surface area (Å²) >= 11 is 0. The Bertz CT molecular complexity index is 1130. The topological polar surface area (TPSA) is 111 Å². The Hall–Kier alpha value is -4.20. The van der Waals surface area contributed by atoms with Gasteiger partial charge in [0.05, 0.1) is 4.92 Å². The standard InChI is InChI=1S/C22H19N3O5/c1-15(30-20-11-10-17-6-2-3-7-18(17)14-20)22(27)24-23-21(26)12-9-16-5-4-8-19(13-16)25(28)29/h2-15H,1H3,(H,23,26)(H,24,27)/b12-9+/t15-/m0/s1. The highest BCUT2D eigenvalue weighted by Gasteiger charge is 2.15. The number of carbonyl (C=O) groups excluding carboxylic acids is 2. The van der Waals surface area contributed by atoms with Crippen molar-refractivity contribution in [1.29, 1.82) is 0 Å². The highest BCUT2D eigenvalue weighted by molar-refractivity contribution is 5.93. The molecular formula is C22H19N3O5. The zero-order valence-corrected chi connectivity index (χ0v) is 16.1. The van der Waals surface area contributed by atoms with E-state index in [0.29, 0.717) is 11.3 Å². The van der Waals surface area contributed by atoms with E-state index in [2.05, 4.69) is 10.9 Å². The first kappa shape index (κ1) is 20.5. The number of rotatable bonds is 6. The van der Waals surface area contributed by atoms with Crippen molar-refractivity contribution in [3.05, 3.63) is 88.5 Å². The van der Waals surface area contributed by atoms with Crippen molar-refractivity contribution in [2.24, 2.45) is 0 Å². The lowest BCUT2D eigenvalue weighted by atomic mass is 10.1. The van der Waals surface area contributed by atoms with E-state index in [1.54, 1.807) is 19.1 Å². The first-order valence-electron chi connectivity index (χ1n) is 9.10. The highest BCUT2D eigenvalue weighted by atomic mass is 16.6. The summed E-state index contributed by atoms with van der Waals surface area (Å²) in [5.41, 5.74) is 4.94. The van der Waals surface area contributed by atoms with Crippen molar-refractivity contribution in [2.45, 2.75) is 13.0 Å². The lowest BCUT2D eigenvalue weighted by molar-refractivity contribution is -0.384. The summed E-state index contributed by atoms with van der Waals surface area (Å²) in [5.74, 6) is -0.582. The zero-order valence-electron chi connectivity index (χ0n) is 16.1. The number of hydrazine groups is 1. The molecule has 0 saturated carbocycles. The monoisotopic (exact) mass is 405 g/mol. The van der Waals surface area contributed by atoms with Crippen LogP contribution in [-0.2, 0) is 9.59 Å². The van der Waals surface area contributed by atoms with Gasteiger partial charge in [0.15, 0.2) is 6.10 Å². The molecule has 0 heterocycles. The predicted octanol–water partition coefficient (Wildman–Crippen LogP) is 3.38. The van der Waals surface area contributed by atoms with E-state index < -0.39 is 22.8 Å². The first-order chi connectivity index (χ1) is 14.4. The minimum absolute atomic E-state index is 0.0782. The van der Waals surface area contributed by atoms with Gasteiger partial charge in [-0.3, -0.25) is 30.6 Å². The molecule has 0 aliphatic heterocycles. The van der Waals surface area contributed by atoms with Gasteiger partial charge in [0.1, 0.15) is 5.75 Å². The van der Waals surface area contributed by atoms with Gasteiger partial charge in [-0.15, -0.1) is 0 Å². The minimum Gasteiger partial charge on any atom is -0.481 e. The zero-order chi connectivity index (χ0) is 21.5. The number of nitrogens with one attached hydrogen (secondary N) is 2. The van der Waals surface area contributed by atoms with Gasteiger partial charge >= 0.3 is 0 Å². The van der Waals surface area contributed by atoms with Gasteiger partial charge in [0.2, 0.25) is 0 Å². The number of carbonyl (C=O) groups is 2. The molecule has 0 aliphatic rings. The number of fused-ring (bicyclic) bond motifs is 1. The van der Waals surface area contributed by atoms with Gasteiger partial charge in [0.25, 0.3) is 17.5 Å². The van der Waals surface area contributed by atoms with Crippen LogP contribution in [0.5, 0.6) is 5.75 Å². The summed E-state index contributed by atoms with van der Waals surface area (Å²) in [7, 11) is 0. The molecule has 2 N–H and O–H groups in total. The van der Waals surface area contributed by atoms with E-state index in [-0.39, 0.29) is 5.69 Å². The molecule has 0 unspecified atom stereocenters. The van der Waals surface area contributed by atoms with Crippen LogP contribution in [0.3, 0.4) is 0 Å². The Balaban J connectivity index is 1.51. The Labute approximate surface area is 172 Å². The van der Waals surface area contributed by atoms with E-state index >= 15 is 0 Å². The van der Waals surface area contributed by atoms with Gasteiger partial charge < -0.3 is 4.74 Å². The van der Waals surface area contributed by atoms with Crippen molar-refractivity contribution in [1.82, 2.24) is 10.9 Å². The maximum Gasteiger partial charge on any atom is 0.279 e. The molecule has 3 rings (SSSR count). The van der Waals surface area contributed by atoms with Gasteiger partial charge in [-0.25, -0.2) is 0 Å². The van der Waals surface area contributed by atoms with Crippen LogP contribution >= 0.6 is 0 Å². The Morgan fingerprint density at radius 2 is 1.77 bits per heavy atom. The number of amides is 2. The molecule has 3 aromatic rings. The normalized spacial score (nSPS) is 11.8. The lowest BCUT2D eigenvalue weighted by Crippen LogP contribution is -2.46. The SMILES string of the molecule is C[C@H](Oc1ccc2ccccc2c1)C(=O)NNC(=O)/C=C/c1cccc([N+](=O)[O-])c1. The van der Waals surface area contributed by atoms with Crippen molar-refractivity contribution < 1.29 is 19.2 Å². The number of hydrogen-bond donors (Lipinski definition) is 2. The second-order valence-electron chi connectivity index (χ2n) is 6.43. The Morgan fingerprint density at radius 1 is 1.00 bits per heavy atom. The molecule has 0 fully saturated rings. The molecular weight excluding hydrogens is 386 g/mol. The van der Waals surface area contributed by atoms with Crippen LogP contribution in [0, 0.1) is 10.1 Å². The smallest absolute Gasteiger partial charge is 0.279 e. The number of nitrogens with zero attached hydrogens (tertiary/aromatic N) is 1. The molecule has 0 bridgehead atoms. The lowest BCUT2D eigenvalue weighted by Gasteiger charge is -2.15. The molecule has 0 radical (unpaired) electrons. The fourth-order valence-corrected chi connectivity index (χ4v) is 2.68. The summed E-state index contributed by atoms with van der Waals surface area (Å²) in [6.45, 7) is 1.57. The van der Waals surface area contributed by atoms with Crippen LogP contribution in [0.4, 0.5) is 5.69 Å². The second-order valence-corrected chi connectivity index (χ2v) is 6.43. The summed E-state index contributed by atoms with van der Waals surface area (Å²) in [6.07, 6.45) is 1.73. The van der Waals surface area contributed by atoms with E-state index in [9.17, 15) is 19.7 Å². The average Bonchev–Trinajstić information content (AvgIpc) is 2.76. The summed E-state index contributed by atoms with van der Waals surface area (Å²) < 4.78 is 5.64. The Kier molecular flexibility index (Phi) is 6.39. The summed E-state index contributed by atoms with van der Waals surface area (Å²) in [4.78, 5) is 34.3. The minimum atomic E-state index is -0.841. The van der Waals surface area contributed by atoms with E-state index in [1.165, 1.54) is 24.3 Å². The number of non-ortho nitro benzene ring substituents is 1. The van der Waals surface area contributed by atoms with E-state index in [1.807, 2.05) is 36.4 Å². The van der Waals surface area contributed by atoms with Crippen LogP contribution in [0.1, 0.15) is 12.5 Å². The number of hydrogen-bond acceptors (Lipinski definition) is 5. The van der Waals surface area contributed by atoms with Crippen LogP contribution in [0.25, 0.3) is 16.8 Å². The maximum absolute atomic E-state index is 12.2. The molecule has 0 spiro atoms. The number of nitro groups is 1. The number of nitro benzene ring substituents is 1. The average molecular weight is 405 g/mol. The molecule has 152 valence electrons. The van der Waals surface area contributed by atoms with Crippen molar-refractivity contribution in [2.75, 3.05) is 0 Å². The van der Waals surface area contributed by atoms with E-state index in [4.69, 9.17) is 4.74 Å². The Morgan fingerprint density at radius 3 is 2.53 bits per heavy atom. The van der Waals surface area contributed by atoms with Gasteiger partial charge in [-0.05, 0) is 41.5 Å². The van der Waals surface area contributed by atoms with Crippen molar-refractivity contribution in [3.63, 3.8) is 0 Å². The third-order valence-corrected chi connectivity index (χ3v) is 4.22. The third-order valence-electron chi connectivity index (χ3n) is 4.22. The van der Waals surface area contributed by atoms with Crippen LogP contribution in [0.15, 0.2) is 72.8 Å². The molecule has 8 heteroatoms. The van der Waals surface area contributed by atoms with Gasteiger partial charge in [0, 0.05) is 18.2 Å². The molecule has 0 aromatic heterocycles. The maximum atomic E-state index is 12.2. The van der Waals surface area contributed by atoms with Crippen LogP contribution in [-0.4, -0.2) is 22.8 Å². The molecule has 0 saturated heterocycles. The number of benzene rings is 3. The van der Waals surface area contributed by atoms with Gasteiger partial charge in [-0.1, -0.05) is 42.5 Å². The third kappa shape index (κ3) is 5.41. The van der Waals surface area contributed by atoms with Crippen molar-refractivity contribution >= 4 is 34.4 Å². The predicted molar refractivity (Wildman–Crippen MR) is 112 cm³/mol. The fourth-order valence-electron chi connectivity index (χ4n) is 2.68. The fraction of sp³-hybridized carbons (Fsp3) is 0.0909. The quantitative estimate of drug-likeness (QED) is 0.371. The molecule has 2 amide bonds. The molecule has 30 heavy (non-hydrogen) atoms. The summed E-state index contributed by atoms with van der Waals surface area (Å²) in [6, 6.07) is 19.1. The second kappa shape index (κ2) is 9.33. The van der Waals surface area contributed by atoms with Crippen LogP contribution < -0.4 is 15.6 Å². The molecule has 1 atom stereocenters. The van der Waals surface area contributed by atoms with Crippen molar-refractivity contribution in [3.8, 4) is 5.75 Å². The molecule has 8 nitrogen and oxygen atoms in total. The van der Waals surface area contributed by atoms with Crippen LogP contribution in [0.2, 0.25) is 0 Å².